The van der Waals surface area contributed by atoms with Crippen LogP contribution in [-0.4, -0.2) is 11.0 Å². The topological polar surface area (TPSA) is 77.8 Å². The highest BCUT2D eigenvalue weighted by molar-refractivity contribution is 6.29. The zero-order valence-electron chi connectivity index (χ0n) is 10.0. The molecule has 0 aliphatic rings. The Kier molecular flexibility index (Phi) is 4.13. The summed E-state index contributed by atoms with van der Waals surface area (Å²) in [4.78, 5) is 15.5. The lowest BCUT2D eigenvalue weighted by molar-refractivity contribution is 0.262. The van der Waals surface area contributed by atoms with Crippen molar-refractivity contribution in [3.8, 4) is 6.07 Å². The molecule has 2 N–H and O–H groups in total. The highest BCUT2D eigenvalue weighted by Gasteiger charge is 2.06. The van der Waals surface area contributed by atoms with Crippen molar-refractivity contribution in [2.24, 2.45) is 0 Å². The molecule has 0 unspecified atom stereocenters. The monoisotopic (exact) mass is 290 g/mol. The van der Waals surface area contributed by atoms with Gasteiger partial charge in [-0.3, -0.25) is 0 Å². The molecular formula is C13H8ClFN4O. The van der Waals surface area contributed by atoms with Crippen LogP contribution in [0.25, 0.3) is 0 Å². The molecule has 2 aromatic rings. The number of urea groups is 1. The van der Waals surface area contributed by atoms with Crippen LogP contribution in [0.3, 0.4) is 0 Å². The minimum absolute atomic E-state index is 0.144. The normalized spacial score (nSPS) is 9.65. The molecule has 0 aliphatic carbocycles. The van der Waals surface area contributed by atoms with E-state index in [2.05, 4.69) is 15.6 Å². The van der Waals surface area contributed by atoms with Crippen LogP contribution in [0.5, 0.6) is 0 Å². The summed E-state index contributed by atoms with van der Waals surface area (Å²) in [6, 6.07) is 7.91. The predicted molar refractivity (Wildman–Crippen MR) is 73.0 cm³/mol. The quantitative estimate of drug-likeness (QED) is 0.832. The van der Waals surface area contributed by atoms with E-state index in [1.807, 2.05) is 0 Å². The Morgan fingerprint density at radius 3 is 2.60 bits per heavy atom. The summed E-state index contributed by atoms with van der Waals surface area (Å²) >= 11 is 5.68. The van der Waals surface area contributed by atoms with Crippen molar-refractivity contribution in [1.29, 1.82) is 5.26 Å². The van der Waals surface area contributed by atoms with Crippen LogP contribution >= 0.6 is 11.6 Å². The third-order valence-electron chi connectivity index (χ3n) is 2.33. The minimum Gasteiger partial charge on any atom is -0.308 e. The number of nitrogens with one attached hydrogen (secondary N) is 2. The van der Waals surface area contributed by atoms with E-state index in [0.717, 1.165) is 6.07 Å². The van der Waals surface area contributed by atoms with Crippen LogP contribution in [0.1, 0.15) is 5.56 Å². The number of carbonyl (C=O) groups excluding carboxylic acids is 1. The van der Waals surface area contributed by atoms with Crippen molar-refractivity contribution in [1.82, 2.24) is 4.98 Å². The van der Waals surface area contributed by atoms with Gasteiger partial charge in [-0.05, 0) is 30.3 Å². The molecule has 0 saturated carbocycles. The maximum Gasteiger partial charge on any atom is 0.323 e. The molecule has 2 amide bonds. The van der Waals surface area contributed by atoms with Crippen molar-refractivity contribution in [2.75, 3.05) is 10.6 Å². The number of pyridine rings is 1. The summed E-state index contributed by atoms with van der Waals surface area (Å²) in [5.41, 5.74) is 0.625. The second-order valence-electron chi connectivity index (χ2n) is 3.75. The van der Waals surface area contributed by atoms with Crippen molar-refractivity contribution >= 4 is 29.0 Å². The van der Waals surface area contributed by atoms with Gasteiger partial charge in [0.1, 0.15) is 17.0 Å². The molecule has 0 bridgehead atoms. The Labute approximate surface area is 119 Å². The van der Waals surface area contributed by atoms with Crippen LogP contribution in [0.4, 0.5) is 20.6 Å². The first-order chi connectivity index (χ1) is 9.58. The summed E-state index contributed by atoms with van der Waals surface area (Å²) in [5.74, 6) is -0.639. The first kappa shape index (κ1) is 13.8. The maximum absolute atomic E-state index is 13.1. The van der Waals surface area contributed by atoms with Crippen molar-refractivity contribution in [2.45, 2.75) is 0 Å². The Morgan fingerprint density at radius 1 is 1.25 bits per heavy atom. The van der Waals surface area contributed by atoms with E-state index in [0.29, 0.717) is 11.4 Å². The highest BCUT2D eigenvalue weighted by atomic mass is 35.5. The van der Waals surface area contributed by atoms with E-state index < -0.39 is 11.8 Å². The van der Waals surface area contributed by atoms with Crippen molar-refractivity contribution in [3.63, 3.8) is 0 Å². The van der Waals surface area contributed by atoms with Gasteiger partial charge in [0.2, 0.25) is 0 Å². The Bertz CT molecular complexity index is 699. The number of hydrogen-bond acceptors (Lipinski definition) is 3. The number of amides is 2. The number of halogens is 2. The molecule has 5 nitrogen and oxygen atoms in total. The second-order valence-corrected chi connectivity index (χ2v) is 4.14. The number of benzene rings is 1. The van der Waals surface area contributed by atoms with E-state index >= 15 is 0 Å². The van der Waals surface area contributed by atoms with Gasteiger partial charge in [-0.2, -0.15) is 5.26 Å². The van der Waals surface area contributed by atoms with Gasteiger partial charge >= 0.3 is 6.03 Å². The van der Waals surface area contributed by atoms with E-state index in [9.17, 15) is 9.18 Å². The summed E-state index contributed by atoms with van der Waals surface area (Å²) in [6.45, 7) is 0. The Morgan fingerprint density at radius 2 is 1.95 bits per heavy atom. The molecular weight excluding hydrogens is 283 g/mol. The number of nitriles is 1. The average molecular weight is 291 g/mol. The molecule has 0 aliphatic heterocycles. The lowest BCUT2D eigenvalue weighted by atomic mass is 10.2. The van der Waals surface area contributed by atoms with Gasteiger partial charge in [-0.1, -0.05) is 11.6 Å². The van der Waals surface area contributed by atoms with E-state index in [1.165, 1.54) is 24.4 Å². The SMILES string of the molecule is N#Cc1cc(NC(=O)Nc2ccnc(Cl)c2)ccc1F. The van der Waals surface area contributed by atoms with Crippen LogP contribution in [0.2, 0.25) is 5.15 Å². The molecule has 0 fully saturated rings. The fourth-order valence-electron chi connectivity index (χ4n) is 1.46. The second kappa shape index (κ2) is 5.99. The third-order valence-corrected chi connectivity index (χ3v) is 2.54. The van der Waals surface area contributed by atoms with Crippen LogP contribution in [-0.2, 0) is 0 Å². The number of aromatic nitrogens is 1. The minimum atomic E-state index is -0.639. The van der Waals surface area contributed by atoms with Gasteiger partial charge in [0.15, 0.2) is 0 Å². The van der Waals surface area contributed by atoms with Gasteiger partial charge in [-0.25, -0.2) is 14.2 Å². The van der Waals surface area contributed by atoms with Crippen LogP contribution in [0.15, 0.2) is 36.5 Å². The molecule has 100 valence electrons. The van der Waals surface area contributed by atoms with E-state index in [-0.39, 0.29) is 10.7 Å². The van der Waals surface area contributed by atoms with Crippen LogP contribution < -0.4 is 10.6 Å². The summed E-state index contributed by atoms with van der Waals surface area (Å²) in [6.07, 6.45) is 1.45. The molecule has 7 heteroatoms. The van der Waals surface area contributed by atoms with Gasteiger partial charge in [0, 0.05) is 17.6 Å². The molecule has 1 aromatic heterocycles. The molecule has 0 spiro atoms. The first-order valence-corrected chi connectivity index (χ1v) is 5.85. The predicted octanol–water partition coefficient (Wildman–Crippen LogP) is 3.39. The number of nitrogens with zero attached hydrogens (tertiary/aromatic N) is 2. The van der Waals surface area contributed by atoms with Crippen molar-refractivity contribution in [3.05, 3.63) is 53.1 Å². The van der Waals surface area contributed by atoms with Gasteiger partial charge in [-0.15, -0.1) is 0 Å². The molecule has 0 atom stereocenters. The van der Waals surface area contributed by atoms with Gasteiger partial charge in [0.05, 0.1) is 5.56 Å². The Balaban J connectivity index is 2.07. The Hall–Kier alpha value is -2.65. The largest absolute Gasteiger partial charge is 0.323 e. The molecule has 1 heterocycles. The zero-order chi connectivity index (χ0) is 14.5. The lowest BCUT2D eigenvalue weighted by Crippen LogP contribution is -2.19. The van der Waals surface area contributed by atoms with Gasteiger partial charge < -0.3 is 10.6 Å². The number of carbonyl (C=O) groups is 1. The standard InChI is InChI=1S/C13H8ClFN4O/c14-12-6-10(3-4-17-12)19-13(20)18-9-1-2-11(15)8(5-9)7-16/h1-6H,(H2,17,18,19,20). The van der Waals surface area contributed by atoms with E-state index in [4.69, 9.17) is 16.9 Å². The summed E-state index contributed by atoms with van der Waals surface area (Å²) in [7, 11) is 0. The third kappa shape index (κ3) is 3.43. The van der Waals surface area contributed by atoms with Crippen LogP contribution in [0, 0.1) is 17.1 Å². The molecule has 0 saturated heterocycles. The number of anilines is 2. The fraction of sp³-hybridized carbons (Fsp3) is 0. The lowest BCUT2D eigenvalue weighted by Gasteiger charge is -2.08. The molecule has 0 radical (unpaired) electrons. The van der Waals surface area contributed by atoms with E-state index in [1.54, 1.807) is 12.1 Å². The first-order valence-electron chi connectivity index (χ1n) is 5.47. The molecule has 20 heavy (non-hydrogen) atoms. The average Bonchev–Trinajstić information content (AvgIpc) is 2.41. The number of rotatable bonds is 2. The molecule has 2 rings (SSSR count). The van der Waals surface area contributed by atoms with Gasteiger partial charge in [0.25, 0.3) is 0 Å². The fourth-order valence-corrected chi connectivity index (χ4v) is 1.64. The highest BCUT2D eigenvalue weighted by Crippen LogP contribution is 2.15. The molecule has 1 aromatic carbocycles. The smallest absolute Gasteiger partial charge is 0.308 e. The van der Waals surface area contributed by atoms with Crippen molar-refractivity contribution < 1.29 is 9.18 Å². The summed E-state index contributed by atoms with van der Waals surface area (Å²) < 4.78 is 13.1. The maximum atomic E-state index is 13.1. The summed E-state index contributed by atoms with van der Waals surface area (Å²) in [5, 5.41) is 14.0. The number of hydrogen-bond donors (Lipinski definition) is 2. The zero-order valence-corrected chi connectivity index (χ0v) is 10.8.